The van der Waals surface area contributed by atoms with E-state index in [-0.39, 0.29) is 0 Å². The summed E-state index contributed by atoms with van der Waals surface area (Å²) in [5.41, 5.74) is 1.16. The molecule has 0 amide bonds. The average Bonchev–Trinajstić information content (AvgIpc) is 2.66. The van der Waals surface area contributed by atoms with Crippen LogP contribution in [-0.4, -0.2) is 10.1 Å². The second-order valence-electron chi connectivity index (χ2n) is 5.09. The summed E-state index contributed by atoms with van der Waals surface area (Å²) in [5.74, 6) is 1.50. The van der Waals surface area contributed by atoms with Gasteiger partial charge in [-0.25, -0.2) is 4.98 Å². The average molecular weight is 304 g/mol. The lowest BCUT2D eigenvalue weighted by atomic mass is 9.74. The standard InChI is InChI=1S/C12H18BrNOS/c1-8(2)9-3-5-12(15,6-4-9)10-11(13)14-7-16-10/h7-9,15H,3-6H2,1-2H3. The van der Waals surface area contributed by atoms with Crippen molar-refractivity contribution < 1.29 is 5.11 Å². The van der Waals surface area contributed by atoms with Crippen LogP contribution in [0.4, 0.5) is 0 Å². The van der Waals surface area contributed by atoms with Crippen LogP contribution >= 0.6 is 27.3 Å². The van der Waals surface area contributed by atoms with Crippen LogP contribution in [0.5, 0.6) is 0 Å². The molecule has 1 aliphatic carbocycles. The van der Waals surface area contributed by atoms with Crippen LogP contribution < -0.4 is 0 Å². The first kappa shape index (κ1) is 12.5. The summed E-state index contributed by atoms with van der Waals surface area (Å²) in [6.45, 7) is 4.55. The van der Waals surface area contributed by atoms with Gasteiger partial charge in [0, 0.05) is 0 Å². The van der Waals surface area contributed by atoms with Crippen molar-refractivity contribution >= 4 is 27.3 Å². The number of hydrogen-bond donors (Lipinski definition) is 1. The van der Waals surface area contributed by atoms with Crippen molar-refractivity contribution in [1.29, 1.82) is 0 Å². The molecule has 2 nitrogen and oxygen atoms in total. The lowest BCUT2D eigenvalue weighted by Crippen LogP contribution is -2.32. The number of aromatic nitrogens is 1. The minimum Gasteiger partial charge on any atom is -0.384 e. The van der Waals surface area contributed by atoms with Gasteiger partial charge in [-0.3, -0.25) is 0 Å². The molecule has 1 aliphatic rings. The van der Waals surface area contributed by atoms with E-state index in [1.54, 1.807) is 16.8 Å². The minimum absolute atomic E-state index is 0.634. The number of hydrogen-bond acceptors (Lipinski definition) is 3. The van der Waals surface area contributed by atoms with Gasteiger partial charge in [-0.1, -0.05) is 13.8 Å². The summed E-state index contributed by atoms with van der Waals surface area (Å²) < 4.78 is 0.822. The van der Waals surface area contributed by atoms with Crippen molar-refractivity contribution in [1.82, 2.24) is 4.98 Å². The molecule has 16 heavy (non-hydrogen) atoms. The van der Waals surface area contributed by atoms with E-state index < -0.39 is 5.60 Å². The Morgan fingerprint density at radius 3 is 2.56 bits per heavy atom. The van der Waals surface area contributed by atoms with E-state index in [4.69, 9.17) is 0 Å². The first-order valence-electron chi connectivity index (χ1n) is 5.85. The zero-order chi connectivity index (χ0) is 11.8. The van der Waals surface area contributed by atoms with Crippen LogP contribution in [0.1, 0.15) is 44.4 Å². The van der Waals surface area contributed by atoms with E-state index >= 15 is 0 Å². The Hall–Kier alpha value is 0.0700. The molecule has 0 aliphatic heterocycles. The maximum absolute atomic E-state index is 10.7. The Kier molecular flexibility index (Phi) is 3.72. The van der Waals surface area contributed by atoms with E-state index in [0.29, 0.717) is 0 Å². The highest BCUT2D eigenvalue weighted by Gasteiger charge is 2.38. The Bertz CT molecular complexity index is 356. The molecule has 0 aromatic carbocycles. The fourth-order valence-corrected chi connectivity index (χ4v) is 4.27. The number of thiazole rings is 1. The minimum atomic E-state index is -0.634. The van der Waals surface area contributed by atoms with Crippen LogP contribution in [0.2, 0.25) is 0 Å². The third-order valence-corrected chi connectivity index (χ3v) is 5.63. The van der Waals surface area contributed by atoms with Gasteiger partial charge in [0.25, 0.3) is 0 Å². The summed E-state index contributed by atoms with van der Waals surface area (Å²) in [6, 6.07) is 0. The van der Waals surface area contributed by atoms with Crippen LogP contribution in [0.3, 0.4) is 0 Å². The second kappa shape index (κ2) is 4.75. The Morgan fingerprint density at radius 2 is 2.12 bits per heavy atom. The molecule has 1 heterocycles. The molecule has 0 radical (unpaired) electrons. The van der Waals surface area contributed by atoms with E-state index in [1.807, 2.05) is 0 Å². The summed E-state index contributed by atoms with van der Waals surface area (Å²) in [5, 5.41) is 10.7. The van der Waals surface area contributed by atoms with Gasteiger partial charge < -0.3 is 5.11 Å². The Labute approximate surface area is 109 Å². The van der Waals surface area contributed by atoms with Gasteiger partial charge in [-0.15, -0.1) is 11.3 Å². The number of aliphatic hydroxyl groups is 1. The molecule has 1 aromatic rings. The third kappa shape index (κ3) is 2.34. The molecule has 0 atom stereocenters. The van der Waals surface area contributed by atoms with E-state index in [9.17, 15) is 5.11 Å². The largest absolute Gasteiger partial charge is 0.384 e. The van der Waals surface area contributed by atoms with Crippen molar-refractivity contribution in [2.75, 3.05) is 0 Å². The zero-order valence-electron chi connectivity index (χ0n) is 9.74. The van der Waals surface area contributed by atoms with Crippen molar-refractivity contribution in [2.24, 2.45) is 11.8 Å². The zero-order valence-corrected chi connectivity index (χ0v) is 12.1. The van der Waals surface area contributed by atoms with Crippen molar-refractivity contribution in [3.8, 4) is 0 Å². The predicted octanol–water partition coefficient (Wildman–Crippen LogP) is 3.94. The van der Waals surface area contributed by atoms with E-state index in [1.165, 1.54) is 0 Å². The SMILES string of the molecule is CC(C)C1CCC(O)(c2scnc2Br)CC1. The molecule has 1 aromatic heterocycles. The molecule has 0 saturated heterocycles. The number of halogens is 1. The van der Waals surface area contributed by atoms with Crippen molar-refractivity contribution in [2.45, 2.75) is 45.1 Å². The second-order valence-corrected chi connectivity index (χ2v) is 6.69. The van der Waals surface area contributed by atoms with Crippen LogP contribution in [0, 0.1) is 11.8 Å². The van der Waals surface area contributed by atoms with Crippen molar-refractivity contribution in [3.05, 3.63) is 15.0 Å². The predicted molar refractivity (Wildman–Crippen MR) is 70.5 cm³/mol. The molecule has 0 spiro atoms. The maximum Gasteiger partial charge on any atom is 0.123 e. The van der Waals surface area contributed by atoms with E-state index in [0.717, 1.165) is 47.0 Å². The molecule has 0 unspecified atom stereocenters. The fourth-order valence-electron chi connectivity index (χ4n) is 2.55. The number of nitrogens with zero attached hydrogens (tertiary/aromatic N) is 1. The Balaban J connectivity index is 2.10. The first-order chi connectivity index (χ1) is 7.53. The molecule has 1 fully saturated rings. The molecular formula is C12H18BrNOS. The summed E-state index contributed by atoms with van der Waals surface area (Å²) in [6.07, 6.45) is 3.99. The van der Waals surface area contributed by atoms with Gasteiger partial charge in [0.05, 0.1) is 10.4 Å². The van der Waals surface area contributed by atoms with Gasteiger partial charge in [0.2, 0.25) is 0 Å². The van der Waals surface area contributed by atoms with E-state index in [2.05, 4.69) is 34.8 Å². The number of rotatable bonds is 2. The molecule has 0 bridgehead atoms. The maximum atomic E-state index is 10.7. The summed E-state index contributed by atoms with van der Waals surface area (Å²) in [4.78, 5) is 5.18. The van der Waals surface area contributed by atoms with Gasteiger partial charge >= 0.3 is 0 Å². The first-order valence-corrected chi connectivity index (χ1v) is 7.52. The third-order valence-electron chi connectivity index (χ3n) is 3.75. The van der Waals surface area contributed by atoms with Crippen LogP contribution in [-0.2, 0) is 5.60 Å². The van der Waals surface area contributed by atoms with Crippen LogP contribution in [0.15, 0.2) is 10.1 Å². The highest BCUT2D eigenvalue weighted by Crippen LogP contribution is 2.45. The molecule has 2 rings (SSSR count). The molecular weight excluding hydrogens is 286 g/mol. The normalized spacial score (nSPS) is 30.9. The topological polar surface area (TPSA) is 33.1 Å². The van der Waals surface area contributed by atoms with Gasteiger partial charge in [0.15, 0.2) is 0 Å². The highest BCUT2D eigenvalue weighted by atomic mass is 79.9. The smallest absolute Gasteiger partial charge is 0.123 e. The summed E-state index contributed by atoms with van der Waals surface area (Å²) >= 11 is 4.98. The van der Waals surface area contributed by atoms with Gasteiger partial charge in [0.1, 0.15) is 10.2 Å². The highest BCUT2D eigenvalue weighted by molar-refractivity contribution is 9.10. The molecule has 1 saturated carbocycles. The van der Waals surface area contributed by atoms with Gasteiger partial charge in [-0.05, 0) is 53.4 Å². The van der Waals surface area contributed by atoms with Crippen LogP contribution in [0.25, 0.3) is 0 Å². The quantitative estimate of drug-likeness (QED) is 0.897. The lowest BCUT2D eigenvalue weighted by Gasteiger charge is -2.36. The Morgan fingerprint density at radius 1 is 1.50 bits per heavy atom. The van der Waals surface area contributed by atoms with Crippen molar-refractivity contribution in [3.63, 3.8) is 0 Å². The summed E-state index contributed by atoms with van der Waals surface area (Å²) in [7, 11) is 0. The molecule has 1 N–H and O–H groups in total. The fraction of sp³-hybridized carbons (Fsp3) is 0.750. The lowest BCUT2D eigenvalue weighted by molar-refractivity contribution is -0.0175. The molecule has 90 valence electrons. The monoisotopic (exact) mass is 303 g/mol. The van der Waals surface area contributed by atoms with Gasteiger partial charge in [-0.2, -0.15) is 0 Å². The molecule has 4 heteroatoms.